The SMILES string of the molecule is CN(C(=O)CCCCCCCCC(=O)N(C)C(CCc1cc(C(C)(C)C)c(O)c(C(C)(C)C)c1)CCc1cc(C(C)(C)C)c(O)c(C(C)(C)C)c1)C(CCc1cc(C(C)(C)C)c(O)c(C(C)(C)C)c1)CCc1cc(C(C)(C)C)c(O)c(C(C)(C)C)c1. The lowest BCUT2D eigenvalue weighted by atomic mass is 9.77. The van der Waals surface area contributed by atoms with Crippen LogP contribution >= 0.6 is 0 Å². The number of unbranched alkanes of at least 4 members (excludes halogenated alkanes) is 5. The number of rotatable bonds is 23. The first-order valence-corrected chi connectivity index (χ1v) is 33.0. The van der Waals surface area contributed by atoms with E-state index in [4.69, 9.17) is 0 Å². The second kappa shape index (κ2) is 28.2. The van der Waals surface area contributed by atoms with E-state index in [1.807, 2.05) is 23.9 Å². The molecule has 0 unspecified atom stereocenters. The minimum absolute atomic E-state index is 0.0152. The molecule has 0 saturated heterocycles. The maximum Gasteiger partial charge on any atom is 0.222 e. The quantitative estimate of drug-likeness (QED) is 0.0549. The Labute approximate surface area is 525 Å². The molecule has 0 aliphatic rings. The third-order valence-corrected chi connectivity index (χ3v) is 18.1. The molecule has 4 rings (SSSR count). The fraction of sp³-hybridized carbons (Fsp3) is 0.667. The summed E-state index contributed by atoms with van der Waals surface area (Å²) in [6.07, 6.45) is 12.8. The molecule has 0 heterocycles. The molecule has 0 radical (unpaired) electrons. The topological polar surface area (TPSA) is 122 Å². The number of aryl methyl sites for hydroxylation is 4. The average molecular weight is 1190 g/mol. The summed E-state index contributed by atoms with van der Waals surface area (Å²) in [5.41, 5.74) is 10.4. The van der Waals surface area contributed by atoms with Crippen LogP contribution in [0, 0.1) is 0 Å². The zero-order chi connectivity index (χ0) is 65.7. The lowest BCUT2D eigenvalue weighted by Gasteiger charge is -2.31. The van der Waals surface area contributed by atoms with Crippen molar-refractivity contribution in [2.45, 2.75) is 324 Å². The number of nitrogens with zero attached hydrogens (tertiary/aromatic N) is 2. The van der Waals surface area contributed by atoms with E-state index in [1.54, 1.807) is 0 Å². The van der Waals surface area contributed by atoms with E-state index in [2.05, 4.69) is 215 Å². The number of phenolic OH excluding ortho intramolecular Hbond substituents is 4. The number of benzene rings is 4. The van der Waals surface area contributed by atoms with Crippen LogP contribution in [0.1, 0.15) is 310 Å². The number of carbonyl (C=O) groups excluding carboxylic acids is 2. The van der Waals surface area contributed by atoms with Gasteiger partial charge in [-0.3, -0.25) is 9.59 Å². The Bertz CT molecular complexity index is 2410. The van der Waals surface area contributed by atoms with Gasteiger partial charge in [-0.2, -0.15) is 0 Å². The van der Waals surface area contributed by atoms with Gasteiger partial charge in [0, 0.05) is 39.0 Å². The Balaban J connectivity index is 1.47. The van der Waals surface area contributed by atoms with Gasteiger partial charge in [-0.25, -0.2) is 0 Å². The van der Waals surface area contributed by atoms with Gasteiger partial charge >= 0.3 is 0 Å². The van der Waals surface area contributed by atoms with Crippen molar-refractivity contribution in [3.8, 4) is 23.0 Å². The normalized spacial score (nSPS) is 13.3. The Morgan fingerprint density at radius 2 is 0.453 bits per heavy atom. The molecule has 0 bridgehead atoms. The van der Waals surface area contributed by atoms with Crippen molar-refractivity contribution in [1.82, 2.24) is 9.80 Å². The van der Waals surface area contributed by atoms with Gasteiger partial charge < -0.3 is 30.2 Å². The zero-order valence-electron chi connectivity index (χ0n) is 59.6. The molecule has 86 heavy (non-hydrogen) atoms. The van der Waals surface area contributed by atoms with Crippen LogP contribution in [0.2, 0.25) is 0 Å². The highest BCUT2D eigenvalue weighted by Gasteiger charge is 2.33. The van der Waals surface area contributed by atoms with Crippen molar-refractivity contribution in [3.63, 3.8) is 0 Å². The molecule has 4 aromatic rings. The van der Waals surface area contributed by atoms with E-state index >= 15 is 0 Å². The van der Waals surface area contributed by atoms with Crippen molar-refractivity contribution in [3.05, 3.63) is 115 Å². The summed E-state index contributed by atoms with van der Waals surface area (Å²) in [7, 11) is 3.97. The molecule has 482 valence electrons. The molecule has 0 aromatic heterocycles. The van der Waals surface area contributed by atoms with E-state index in [-0.39, 0.29) is 67.2 Å². The van der Waals surface area contributed by atoms with Crippen LogP contribution in [0.25, 0.3) is 0 Å². The van der Waals surface area contributed by atoms with Crippen LogP contribution in [0.3, 0.4) is 0 Å². The molecule has 0 fully saturated rings. The third-order valence-electron chi connectivity index (χ3n) is 18.1. The summed E-state index contributed by atoms with van der Waals surface area (Å²) < 4.78 is 0. The average Bonchev–Trinajstić information content (AvgIpc) is 0.923. The van der Waals surface area contributed by atoms with Gasteiger partial charge in [0.1, 0.15) is 23.0 Å². The monoisotopic (exact) mass is 1180 g/mol. The lowest BCUT2D eigenvalue weighted by molar-refractivity contribution is -0.133. The Hall–Kier alpha value is -4.98. The molecule has 2 amide bonds. The van der Waals surface area contributed by atoms with Crippen LogP contribution in [-0.4, -0.2) is 68.2 Å². The summed E-state index contributed by atoms with van der Waals surface area (Å²) in [6, 6.07) is 17.4. The van der Waals surface area contributed by atoms with Gasteiger partial charge in [0.25, 0.3) is 0 Å². The third kappa shape index (κ3) is 20.3. The smallest absolute Gasteiger partial charge is 0.222 e. The van der Waals surface area contributed by atoms with Crippen LogP contribution in [-0.2, 0) is 78.6 Å². The molecule has 4 aromatic carbocycles. The molecular formula is C78H124N2O6. The Morgan fingerprint density at radius 1 is 0.302 bits per heavy atom. The van der Waals surface area contributed by atoms with Gasteiger partial charge in [-0.1, -0.05) is 240 Å². The van der Waals surface area contributed by atoms with Crippen molar-refractivity contribution in [1.29, 1.82) is 0 Å². The van der Waals surface area contributed by atoms with Crippen molar-refractivity contribution >= 4 is 11.8 Å². The predicted molar refractivity (Wildman–Crippen MR) is 365 cm³/mol. The van der Waals surface area contributed by atoms with E-state index < -0.39 is 0 Å². The maximum absolute atomic E-state index is 14.3. The van der Waals surface area contributed by atoms with Gasteiger partial charge in [0.15, 0.2) is 0 Å². The minimum Gasteiger partial charge on any atom is -0.507 e. The molecule has 0 aliphatic heterocycles. The standard InChI is InChI=1S/C78H124N2O6/c1-71(2,3)57-43-51(44-58(67(57)83)72(4,5)6)35-39-55(40-36-52-45-59(73(7,8)9)68(84)60(46-52)74(10,11)12)79(25)65(81)33-31-29-27-28-30-32-34-66(82)80(26)56(41-37-53-47-61(75(13,14)15)69(85)62(48-53)76(16,17)18)42-38-54-49-63(77(19,20)21)70(86)64(50-54)78(22,23)24/h43-50,55-56,83-86H,27-42H2,1-26H3. The second-order valence-corrected chi connectivity index (χ2v) is 34.3. The van der Waals surface area contributed by atoms with Gasteiger partial charge in [-0.05, 0) is 174 Å². The fourth-order valence-electron chi connectivity index (χ4n) is 12.3. The summed E-state index contributed by atoms with van der Waals surface area (Å²) in [5.74, 6) is 1.85. The van der Waals surface area contributed by atoms with E-state index in [0.717, 1.165) is 134 Å². The fourth-order valence-corrected chi connectivity index (χ4v) is 12.3. The summed E-state index contributed by atoms with van der Waals surface area (Å²) in [6.45, 7) is 51.6. The molecule has 4 N–H and O–H groups in total. The van der Waals surface area contributed by atoms with Crippen molar-refractivity contribution < 1.29 is 30.0 Å². The highest BCUT2D eigenvalue weighted by molar-refractivity contribution is 5.76. The molecule has 8 heteroatoms. The first-order chi connectivity index (χ1) is 39.0. The van der Waals surface area contributed by atoms with Crippen LogP contribution in [0.5, 0.6) is 23.0 Å². The lowest BCUT2D eigenvalue weighted by Crippen LogP contribution is -2.37. The first kappa shape index (κ1) is 73.5. The summed E-state index contributed by atoms with van der Waals surface area (Å²) in [5, 5.41) is 46.1. The van der Waals surface area contributed by atoms with Gasteiger partial charge in [-0.15, -0.1) is 0 Å². The number of aromatic hydroxyl groups is 4. The molecule has 0 aliphatic carbocycles. The van der Waals surface area contributed by atoms with Crippen LogP contribution in [0.15, 0.2) is 48.5 Å². The molecular weight excluding hydrogens is 1060 g/mol. The largest absolute Gasteiger partial charge is 0.507 e. The Kier molecular flexibility index (Phi) is 24.1. The molecule has 0 saturated carbocycles. The molecule has 0 atom stereocenters. The number of phenols is 4. The predicted octanol–water partition coefficient (Wildman–Crippen LogP) is 19.5. The highest BCUT2D eigenvalue weighted by Crippen LogP contribution is 2.45. The van der Waals surface area contributed by atoms with Crippen LogP contribution in [0.4, 0.5) is 0 Å². The first-order valence-electron chi connectivity index (χ1n) is 33.0. The van der Waals surface area contributed by atoms with Crippen molar-refractivity contribution in [2.24, 2.45) is 0 Å². The molecule has 8 nitrogen and oxygen atoms in total. The van der Waals surface area contributed by atoms with E-state index in [1.165, 1.54) is 22.3 Å². The number of carbonyl (C=O) groups is 2. The van der Waals surface area contributed by atoms with Crippen molar-refractivity contribution in [2.75, 3.05) is 14.1 Å². The number of hydrogen-bond donors (Lipinski definition) is 4. The summed E-state index contributed by atoms with van der Waals surface area (Å²) in [4.78, 5) is 32.5. The van der Waals surface area contributed by atoms with Gasteiger partial charge in [0.05, 0.1) is 0 Å². The van der Waals surface area contributed by atoms with E-state index in [0.29, 0.717) is 35.8 Å². The zero-order valence-corrected chi connectivity index (χ0v) is 59.6. The summed E-state index contributed by atoms with van der Waals surface area (Å²) >= 11 is 0. The molecule has 0 spiro atoms. The number of amides is 2. The highest BCUT2D eigenvalue weighted by atomic mass is 16.3. The van der Waals surface area contributed by atoms with Gasteiger partial charge in [0.2, 0.25) is 11.8 Å². The Morgan fingerprint density at radius 3 is 0.605 bits per heavy atom. The number of hydrogen-bond acceptors (Lipinski definition) is 6. The minimum atomic E-state index is -0.241. The van der Waals surface area contributed by atoms with Crippen LogP contribution < -0.4 is 0 Å². The van der Waals surface area contributed by atoms with E-state index in [9.17, 15) is 30.0 Å². The second-order valence-electron chi connectivity index (χ2n) is 34.3. The maximum atomic E-state index is 14.3.